The number of nitrogen functional groups attached to an aromatic ring is 1. The van der Waals surface area contributed by atoms with E-state index in [1.165, 1.54) is 0 Å². The van der Waals surface area contributed by atoms with Gasteiger partial charge in [0.05, 0.1) is 29.9 Å². The SMILES string of the molecule is C[C@@H]1CCCN(C(=O)c2cnn3ccc(N)cc23)[C@@H]1CO. The van der Waals surface area contributed by atoms with E-state index in [4.69, 9.17) is 5.73 Å². The predicted molar refractivity (Wildman–Crippen MR) is 79.9 cm³/mol. The highest BCUT2D eigenvalue weighted by Crippen LogP contribution is 2.26. The molecule has 0 bridgehead atoms. The van der Waals surface area contributed by atoms with Gasteiger partial charge in [0.25, 0.3) is 5.91 Å². The second kappa shape index (κ2) is 5.37. The molecule has 0 spiro atoms. The second-order valence-corrected chi connectivity index (χ2v) is 5.72. The molecule has 1 fully saturated rings. The fraction of sp³-hybridized carbons (Fsp3) is 0.467. The van der Waals surface area contributed by atoms with Gasteiger partial charge >= 0.3 is 0 Å². The third-order valence-corrected chi connectivity index (χ3v) is 4.34. The van der Waals surface area contributed by atoms with Crippen molar-refractivity contribution < 1.29 is 9.90 Å². The largest absolute Gasteiger partial charge is 0.399 e. The number of aliphatic hydroxyl groups excluding tert-OH is 1. The molecule has 2 aromatic rings. The van der Waals surface area contributed by atoms with Gasteiger partial charge in [-0.05, 0) is 30.9 Å². The van der Waals surface area contributed by atoms with Gasteiger partial charge in [0, 0.05) is 18.4 Å². The van der Waals surface area contributed by atoms with Crippen molar-refractivity contribution in [3.63, 3.8) is 0 Å². The summed E-state index contributed by atoms with van der Waals surface area (Å²) in [6, 6.07) is 3.37. The maximum Gasteiger partial charge on any atom is 0.258 e. The number of rotatable bonds is 2. The minimum Gasteiger partial charge on any atom is -0.399 e. The van der Waals surface area contributed by atoms with Crippen LogP contribution in [0.3, 0.4) is 0 Å². The molecule has 112 valence electrons. The van der Waals surface area contributed by atoms with Crippen molar-refractivity contribution in [3.8, 4) is 0 Å². The van der Waals surface area contributed by atoms with Gasteiger partial charge in [0.1, 0.15) is 0 Å². The third kappa shape index (κ3) is 2.35. The number of nitrogens with zero attached hydrogens (tertiary/aromatic N) is 3. The van der Waals surface area contributed by atoms with E-state index in [1.54, 1.807) is 33.9 Å². The Labute approximate surface area is 123 Å². The summed E-state index contributed by atoms with van der Waals surface area (Å²) in [7, 11) is 0. The zero-order valence-electron chi connectivity index (χ0n) is 12.1. The highest BCUT2D eigenvalue weighted by molar-refractivity contribution is 6.01. The molecule has 1 amide bonds. The molecule has 2 aromatic heterocycles. The van der Waals surface area contributed by atoms with Gasteiger partial charge in [-0.25, -0.2) is 4.52 Å². The Morgan fingerprint density at radius 3 is 3.14 bits per heavy atom. The summed E-state index contributed by atoms with van der Waals surface area (Å²) in [6.07, 6.45) is 5.32. The van der Waals surface area contributed by atoms with Gasteiger partial charge < -0.3 is 15.7 Å². The number of aliphatic hydroxyl groups is 1. The summed E-state index contributed by atoms with van der Waals surface area (Å²) in [6.45, 7) is 2.75. The molecule has 0 radical (unpaired) electrons. The molecule has 1 saturated heterocycles. The number of carbonyl (C=O) groups is 1. The first kappa shape index (κ1) is 13.9. The van der Waals surface area contributed by atoms with Crippen molar-refractivity contribution in [1.82, 2.24) is 14.5 Å². The van der Waals surface area contributed by atoms with E-state index in [1.807, 2.05) is 0 Å². The Bertz CT molecular complexity index is 667. The Morgan fingerprint density at radius 2 is 2.38 bits per heavy atom. The van der Waals surface area contributed by atoms with Gasteiger partial charge in [0.2, 0.25) is 0 Å². The van der Waals surface area contributed by atoms with Crippen LogP contribution < -0.4 is 5.73 Å². The van der Waals surface area contributed by atoms with Crippen molar-refractivity contribution in [2.75, 3.05) is 18.9 Å². The molecule has 3 N–H and O–H groups in total. The van der Waals surface area contributed by atoms with E-state index >= 15 is 0 Å². The fourth-order valence-corrected chi connectivity index (χ4v) is 3.10. The van der Waals surface area contributed by atoms with E-state index < -0.39 is 0 Å². The van der Waals surface area contributed by atoms with Gasteiger partial charge in [0.15, 0.2) is 0 Å². The standard InChI is InChI=1S/C15H20N4O2/c1-10-3-2-5-18(14(10)9-20)15(21)12-8-17-19-6-4-11(16)7-13(12)19/h4,6-8,10,14,20H,2-3,5,9,16H2,1H3/t10-,14-/m1/s1. The maximum absolute atomic E-state index is 12.8. The number of fused-ring (bicyclic) bond motifs is 1. The smallest absolute Gasteiger partial charge is 0.258 e. The third-order valence-electron chi connectivity index (χ3n) is 4.34. The topological polar surface area (TPSA) is 83.9 Å². The summed E-state index contributed by atoms with van der Waals surface area (Å²) in [5.74, 6) is 0.223. The Kier molecular flexibility index (Phi) is 3.55. The van der Waals surface area contributed by atoms with Crippen LogP contribution in [-0.4, -0.2) is 44.7 Å². The van der Waals surface area contributed by atoms with Crippen LogP contribution in [0.15, 0.2) is 24.5 Å². The van der Waals surface area contributed by atoms with E-state index in [0.29, 0.717) is 29.2 Å². The average molecular weight is 288 g/mol. The molecule has 6 heteroatoms. The second-order valence-electron chi connectivity index (χ2n) is 5.72. The molecule has 0 saturated carbocycles. The zero-order chi connectivity index (χ0) is 15.0. The quantitative estimate of drug-likeness (QED) is 0.868. The Balaban J connectivity index is 1.97. The summed E-state index contributed by atoms with van der Waals surface area (Å²) < 4.78 is 1.64. The number of aromatic nitrogens is 2. The van der Waals surface area contributed by atoms with Crippen molar-refractivity contribution in [1.29, 1.82) is 0 Å². The Morgan fingerprint density at radius 1 is 1.57 bits per heavy atom. The number of pyridine rings is 1. The molecular weight excluding hydrogens is 268 g/mol. The maximum atomic E-state index is 12.8. The van der Waals surface area contributed by atoms with Crippen LogP contribution in [0.4, 0.5) is 5.69 Å². The lowest BCUT2D eigenvalue weighted by molar-refractivity contribution is 0.0360. The van der Waals surface area contributed by atoms with Crippen LogP contribution in [-0.2, 0) is 0 Å². The molecule has 1 aliphatic heterocycles. The van der Waals surface area contributed by atoms with Crippen LogP contribution in [0.2, 0.25) is 0 Å². The molecule has 0 aromatic carbocycles. The molecule has 6 nitrogen and oxygen atoms in total. The number of piperidine rings is 1. The summed E-state index contributed by atoms with van der Waals surface area (Å²) in [5, 5.41) is 13.8. The van der Waals surface area contributed by atoms with Gasteiger partial charge in [-0.15, -0.1) is 0 Å². The van der Waals surface area contributed by atoms with Gasteiger partial charge in [-0.1, -0.05) is 6.92 Å². The van der Waals surface area contributed by atoms with Crippen LogP contribution in [0, 0.1) is 5.92 Å². The molecule has 2 atom stereocenters. The van der Waals surface area contributed by atoms with Crippen molar-refractivity contribution in [3.05, 3.63) is 30.1 Å². The van der Waals surface area contributed by atoms with E-state index in [9.17, 15) is 9.90 Å². The van der Waals surface area contributed by atoms with Crippen LogP contribution in [0.5, 0.6) is 0 Å². The number of nitrogens with two attached hydrogens (primary N) is 1. The molecule has 0 aliphatic carbocycles. The number of anilines is 1. The monoisotopic (exact) mass is 288 g/mol. The van der Waals surface area contributed by atoms with E-state index in [-0.39, 0.29) is 18.6 Å². The summed E-state index contributed by atoms with van der Waals surface area (Å²) in [5.41, 5.74) is 7.64. The number of amides is 1. The predicted octanol–water partition coefficient (Wildman–Crippen LogP) is 1.15. The van der Waals surface area contributed by atoms with Gasteiger partial charge in [-0.3, -0.25) is 4.79 Å². The lowest BCUT2D eigenvalue weighted by atomic mass is 9.91. The minimum absolute atomic E-state index is 0.00570. The fourth-order valence-electron chi connectivity index (χ4n) is 3.10. The molecular formula is C15H20N4O2. The van der Waals surface area contributed by atoms with Crippen LogP contribution in [0.25, 0.3) is 5.52 Å². The minimum atomic E-state index is -0.123. The van der Waals surface area contributed by atoms with Crippen LogP contribution >= 0.6 is 0 Å². The zero-order valence-corrected chi connectivity index (χ0v) is 12.1. The molecule has 21 heavy (non-hydrogen) atoms. The Hall–Kier alpha value is -2.08. The van der Waals surface area contributed by atoms with Crippen LogP contribution in [0.1, 0.15) is 30.1 Å². The van der Waals surface area contributed by atoms with E-state index in [2.05, 4.69) is 12.0 Å². The first-order chi connectivity index (χ1) is 10.1. The first-order valence-corrected chi connectivity index (χ1v) is 7.26. The van der Waals surface area contributed by atoms with E-state index in [0.717, 1.165) is 12.8 Å². The summed E-state index contributed by atoms with van der Waals surface area (Å²) >= 11 is 0. The molecule has 1 aliphatic rings. The first-order valence-electron chi connectivity index (χ1n) is 7.26. The molecule has 3 heterocycles. The lowest BCUT2D eigenvalue weighted by Gasteiger charge is -2.38. The highest BCUT2D eigenvalue weighted by Gasteiger charge is 2.32. The van der Waals surface area contributed by atoms with Crippen molar-refractivity contribution >= 4 is 17.1 Å². The number of hydrogen-bond donors (Lipinski definition) is 2. The highest BCUT2D eigenvalue weighted by atomic mass is 16.3. The van der Waals surface area contributed by atoms with Gasteiger partial charge in [-0.2, -0.15) is 5.10 Å². The van der Waals surface area contributed by atoms with Crippen molar-refractivity contribution in [2.45, 2.75) is 25.8 Å². The molecule has 0 unspecified atom stereocenters. The summed E-state index contributed by atoms with van der Waals surface area (Å²) in [4.78, 5) is 14.6. The average Bonchev–Trinajstić information content (AvgIpc) is 2.89. The number of hydrogen-bond acceptors (Lipinski definition) is 4. The van der Waals surface area contributed by atoms with Crippen molar-refractivity contribution in [2.24, 2.45) is 5.92 Å². The normalized spacial score (nSPS) is 22.7. The number of likely N-dealkylation sites (tertiary alicyclic amines) is 1. The molecule has 3 rings (SSSR count). The lowest BCUT2D eigenvalue weighted by Crippen LogP contribution is -2.49. The number of carbonyl (C=O) groups excluding carboxylic acids is 1.